The van der Waals surface area contributed by atoms with Crippen LogP contribution in [0.2, 0.25) is 0 Å². The van der Waals surface area contributed by atoms with Gasteiger partial charge in [0.15, 0.2) is 28.6 Å². The molecule has 0 aliphatic rings. The van der Waals surface area contributed by atoms with Crippen LogP contribution in [-0.4, -0.2) is 30.5 Å². The number of halogens is 5. The summed E-state index contributed by atoms with van der Waals surface area (Å²) in [5.74, 6) is 3.81. The number of phenolic OH excluding ortho intramolecular Hbond substituents is 5. The highest BCUT2D eigenvalue weighted by Gasteiger charge is 2.17. The Balaban J connectivity index is 0.000000273. The largest absolute Gasteiger partial charge is 0.508 e. The van der Waals surface area contributed by atoms with Gasteiger partial charge in [0, 0.05) is 38.5 Å². The Bertz CT molecular complexity index is 6500. The molecule has 13 aromatic carbocycles. The van der Waals surface area contributed by atoms with Crippen molar-refractivity contribution in [2.24, 2.45) is 0 Å². The molecule has 5 N–H and O–H groups in total. The summed E-state index contributed by atoms with van der Waals surface area (Å²) in [6, 6.07) is 87.3. The molecule has 0 bridgehead atoms. The van der Waals surface area contributed by atoms with Crippen molar-refractivity contribution in [1.82, 2.24) is 4.98 Å². The molecule has 0 saturated heterocycles. The number of nitrogens with zero attached hydrogens (tertiary/aromatic N) is 1. The molecule has 10 nitrogen and oxygen atoms in total. The Morgan fingerprint density at radius 1 is 0.268 bits per heavy atom. The second-order valence-electron chi connectivity index (χ2n) is 39.5. The van der Waals surface area contributed by atoms with Gasteiger partial charge in [0.25, 0.3) is 0 Å². The Kier molecular flexibility index (Phi) is 49.3. The molecule has 15 heteroatoms. The fourth-order valence-corrected chi connectivity index (χ4v) is 14.2. The fraction of sp³-hybridized carbons (Fsp3) is 0.331. The second kappa shape index (κ2) is 58.7. The van der Waals surface area contributed by atoms with Gasteiger partial charge in [-0.15, -0.1) is 0 Å². The molecule has 0 saturated carbocycles. The summed E-state index contributed by atoms with van der Waals surface area (Å²) in [7, 11) is 0. The number of aryl methyl sites for hydroxylation is 6. The number of rotatable bonds is 12. The van der Waals surface area contributed by atoms with Crippen LogP contribution in [0.5, 0.6) is 28.7 Å². The minimum Gasteiger partial charge on any atom is -0.508 e. The molecular weight excluding hydrogens is 1780 g/mol. The summed E-state index contributed by atoms with van der Waals surface area (Å²) < 4.78 is 74.8. The zero-order valence-corrected chi connectivity index (χ0v) is 89.3. The SMILES string of the molecule is CC(C)c1cc2ccccc2oc1=O.CC(C)c1ccc(F)cc1.CC(C)c1ccc2ccccc2c1O.CC(C)c1ccc2ccccc2n1.CC(C)c1ccccc1O.CC(C)c1coc2ccccc2c1=O.Cc1cc(F)cc(C(C)C)c1.Cc1ccc(C(C)C)c(F)c1F.Cc1ccc(C(C)C)c(O)c1O.Cc1ccc(C(C)C)cc1.Cc1ccc(C(C)C)cc1F.Cc1ccc(C(C)C)cc1O. The Labute approximate surface area is 842 Å². The van der Waals surface area contributed by atoms with E-state index in [1.54, 1.807) is 81.6 Å². The van der Waals surface area contributed by atoms with Gasteiger partial charge in [0.1, 0.15) is 45.9 Å². The number of benzene rings is 13. The molecule has 142 heavy (non-hydrogen) atoms. The summed E-state index contributed by atoms with van der Waals surface area (Å²) in [6.45, 7) is 60.3. The minimum absolute atomic E-state index is 0.00111. The predicted octanol–water partition coefficient (Wildman–Crippen LogP) is 36.7. The molecule has 16 rings (SSSR count). The average molecular weight is 1930 g/mol. The standard InChI is InChI=1S/C13H14O.C12H13N.2C12H12O2.C10H12F2.2C10H13F.C10H14O2.C10H14O.C10H14.C9H11F.C9H12O/c1-9(2)11-8-7-10-5-3-4-6-12(10)13(11)14;1-9(2)11-8-7-10-5-3-4-6-12(10)13-11;1-8(2)10-7-14-11-6-4-3-5-9(11)12(10)13;1-8(2)10-7-9-5-3-4-6-11(9)14-12(10)13;1-6(2)8-5-4-7(3)9(11)10(8)12;1-7(2)9-4-8(3)5-10(11)6-9;1-7(2)9-5-4-8(3)10(11)6-9;1-6(2)8-5-4-7(3)9(11)10(8)12;1-7(2)9-5-4-8(3)10(11)6-9;1-8(2)10-6-4-9(3)5-7-10;1-7(2)8-3-5-9(10)6-4-8;1-7(2)8-5-3-4-6-9(8)10/h3-9,14H,1-2H3;3-9H,1-2H3;2*3-8H,1-2H3;4-6H,1-3H3;2*4-7H,1-3H3;4-6,11-12H,1-3H3;4-7,11H,1-3H3;4-8H,1-3H3;3-7H,1-2H3;3-7,10H,1-2H3. The van der Waals surface area contributed by atoms with Gasteiger partial charge in [-0.05, 0) is 269 Å². The van der Waals surface area contributed by atoms with Crippen LogP contribution in [0.25, 0.3) is 43.6 Å². The number of phenols is 5. The lowest BCUT2D eigenvalue weighted by atomic mass is 9.98. The number of para-hydroxylation sites is 4. The van der Waals surface area contributed by atoms with Crippen molar-refractivity contribution < 1.29 is 56.3 Å². The number of hydrogen-bond donors (Lipinski definition) is 5. The molecule has 0 radical (unpaired) electrons. The Morgan fingerprint density at radius 3 is 1.22 bits per heavy atom. The van der Waals surface area contributed by atoms with Crippen LogP contribution in [0, 0.1) is 70.6 Å². The van der Waals surface area contributed by atoms with E-state index in [9.17, 15) is 57.1 Å². The maximum Gasteiger partial charge on any atom is 0.339 e. The molecule has 0 aliphatic carbocycles. The third-order valence-electron chi connectivity index (χ3n) is 23.7. The van der Waals surface area contributed by atoms with Crippen molar-refractivity contribution in [3.63, 3.8) is 0 Å². The highest BCUT2D eigenvalue weighted by molar-refractivity contribution is 5.89. The summed E-state index contributed by atoms with van der Waals surface area (Å²) in [6.07, 6.45) is 1.56. The Hall–Kier alpha value is -13.4. The molecule has 0 fully saturated rings. The third kappa shape index (κ3) is 38.2. The zero-order chi connectivity index (χ0) is 106. The number of aromatic nitrogens is 1. The number of aromatic hydroxyl groups is 5. The van der Waals surface area contributed by atoms with Gasteiger partial charge in [-0.25, -0.2) is 26.7 Å². The van der Waals surface area contributed by atoms with E-state index in [0.717, 1.165) is 77.3 Å². The number of fused-ring (bicyclic) bond motifs is 4. The quantitative estimate of drug-likeness (QED) is 0.0450. The van der Waals surface area contributed by atoms with Crippen LogP contribution in [0.15, 0.2) is 304 Å². The van der Waals surface area contributed by atoms with Gasteiger partial charge in [0.2, 0.25) is 0 Å². The van der Waals surface area contributed by atoms with Crippen LogP contribution < -0.4 is 11.1 Å². The highest BCUT2D eigenvalue weighted by Crippen LogP contribution is 2.37. The number of pyridine rings is 1. The van der Waals surface area contributed by atoms with E-state index in [1.807, 2.05) is 221 Å². The first-order valence-electron chi connectivity index (χ1n) is 49.3. The molecule has 16 aromatic rings. The van der Waals surface area contributed by atoms with E-state index in [0.29, 0.717) is 97.8 Å². The van der Waals surface area contributed by atoms with E-state index < -0.39 is 11.6 Å². The van der Waals surface area contributed by atoms with Gasteiger partial charge < -0.3 is 34.4 Å². The van der Waals surface area contributed by atoms with Crippen molar-refractivity contribution >= 4 is 43.6 Å². The highest BCUT2D eigenvalue weighted by atomic mass is 19.2. The van der Waals surface area contributed by atoms with Crippen molar-refractivity contribution in [2.75, 3.05) is 0 Å². The summed E-state index contributed by atoms with van der Waals surface area (Å²) in [5, 5.41) is 52.4. The molecule has 0 aliphatic heterocycles. The van der Waals surface area contributed by atoms with Crippen molar-refractivity contribution in [2.45, 2.75) is 279 Å². The third-order valence-corrected chi connectivity index (χ3v) is 23.7. The van der Waals surface area contributed by atoms with E-state index in [1.165, 1.54) is 45.5 Å². The lowest BCUT2D eigenvalue weighted by Gasteiger charge is -2.10. The monoisotopic (exact) mass is 1930 g/mol. The van der Waals surface area contributed by atoms with Gasteiger partial charge >= 0.3 is 5.63 Å². The molecule has 3 heterocycles. The lowest BCUT2D eigenvalue weighted by Crippen LogP contribution is -2.09. The van der Waals surface area contributed by atoms with Gasteiger partial charge in [-0.3, -0.25) is 9.78 Å². The molecular formula is C127H154F5NO9. The predicted molar refractivity (Wildman–Crippen MR) is 588 cm³/mol. The molecule has 0 amide bonds. The maximum atomic E-state index is 13.1. The van der Waals surface area contributed by atoms with Crippen LogP contribution in [-0.2, 0) is 0 Å². The van der Waals surface area contributed by atoms with E-state index in [2.05, 4.69) is 183 Å². The van der Waals surface area contributed by atoms with Gasteiger partial charge in [0.05, 0.1) is 17.2 Å². The van der Waals surface area contributed by atoms with Crippen LogP contribution >= 0.6 is 0 Å². The topological polar surface area (TPSA) is 174 Å². The van der Waals surface area contributed by atoms with E-state index in [4.69, 9.17) is 8.83 Å². The number of hydrogen-bond acceptors (Lipinski definition) is 10. The molecule has 0 spiro atoms. The van der Waals surface area contributed by atoms with E-state index >= 15 is 0 Å². The van der Waals surface area contributed by atoms with Gasteiger partial charge in [-0.2, -0.15) is 0 Å². The van der Waals surface area contributed by atoms with Crippen LogP contribution in [0.1, 0.15) is 337 Å². The minimum atomic E-state index is -0.721. The van der Waals surface area contributed by atoms with Crippen molar-refractivity contribution in [3.05, 3.63) is 435 Å². The fourth-order valence-electron chi connectivity index (χ4n) is 14.2. The smallest absolute Gasteiger partial charge is 0.339 e. The Morgan fingerprint density at radius 2 is 0.704 bits per heavy atom. The summed E-state index contributed by atoms with van der Waals surface area (Å²) >= 11 is 0. The van der Waals surface area contributed by atoms with Gasteiger partial charge in [-0.1, -0.05) is 372 Å². The maximum absolute atomic E-state index is 13.1. The van der Waals surface area contributed by atoms with Crippen LogP contribution in [0.3, 0.4) is 0 Å². The summed E-state index contributed by atoms with van der Waals surface area (Å²) in [4.78, 5) is 28.0. The zero-order valence-electron chi connectivity index (χ0n) is 89.3. The molecule has 3 aromatic heterocycles. The molecule has 0 atom stereocenters. The van der Waals surface area contributed by atoms with Crippen molar-refractivity contribution in [3.8, 4) is 28.7 Å². The van der Waals surface area contributed by atoms with E-state index in [-0.39, 0.29) is 63.7 Å². The summed E-state index contributed by atoms with van der Waals surface area (Å²) in [5.41, 5.74) is 19.2. The first-order chi connectivity index (χ1) is 66.8. The average Bonchev–Trinajstić information content (AvgIpc) is 0.819. The normalized spacial score (nSPS) is 10.8. The van der Waals surface area contributed by atoms with Crippen molar-refractivity contribution in [1.29, 1.82) is 0 Å². The molecule has 756 valence electrons. The van der Waals surface area contributed by atoms with Crippen LogP contribution in [0.4, 0.5) is 22.0 Å². The lowest BCUT2D eigenvalue weighted by molar-refractivity contribution is 0.395. The first kappa shape index (κ1) is 119. The second-order valence-corrected chi connectivity index (χ2v) is 39.5. The first-order valence-corrected chi connectivity index (χ1v) is 49.3. The molecule has 0 unspecified atom stereocenters.